The van der Waals surface area contributed by atoms with Gasteiger partial charge in [0, 0.05) is 22.3 Å². The number of hydrogen-bond acceptors (Lipinski definition) is 0. The predicted octanol–water partition coefficient (Wildman–Crippen LogP) is 18.0. The van der Waals surface area contributed by atoms with Gasteiger partial charge in [-0.3, -0.25) is 0 Å². The maximum absolute atomic E-state index is 11.4. The van der Waals surface area contributed by atoms with Crippen molar-refractivity contribution in [1.82, 2.24) is 0 Å². The summed E-state index contributed by atoms with van der Waals surface area (Å²) in [5, 5.41) is 2.86. The van der Waals surface area contributed by atoms with Crippen molar-refractivity contribution in [3.8, 4) is 0 Å². The summed E-state index contributed by atoms with van der Waals surface area (Å²) >= 11 is 2.03. The van der Waals surface area contributed by atoms with Gasteiger partial charge in [0.2, 0.25) is 11.4 Å². The van der Waals surface area contributed by atoms with Crippen LogP contribution in [0.2, 0.25) is 10.8 Å². The Kier molecular flexibility index (Phi) is 28.7. The molecular formula is C51H84N2Ni. The minimum atomic E-state index is 0.973. The third kappa shape index (κ3) is 20.3. The number of rotatable bonds is 31. The summed E-state index contributed by atoms with van der Waals surface area (Å²) < 4.78 is 1.47. The van der Waals surface area contributed by atoms with E-state index in [9.17, 15) is 5.53 Å². The second-order valence-corrected chi connectivity index (χ2v) is 17.6. The van der Waals surface area contributed by atoms with E-state index in [2.05, 4.69) is 90.1 Å². The first-order valence-corrected chi connectivity index (χ1v) is 24.4. The van der Waals surface area contributed by atoms with Crippen molar-refractivity contribution >= 4 is 11.4 Å². The van der Waals surface area contributed by atoms with E-state index >= 15 is 0 Å². The molecule has 0 amide bonds. The van der Waals surface area contributed by atoms with Crippen molar-refractivity contribution in [1.29, 1.82) is 0 Å². The number of hydrogen-bond donors (Lipinski definition) is 0. The van der Waals surface area contributed by atoms with Crippen molar-refractivity contribution in [2.24, 2.45) is 0 Å². The fraction of sp³-hybridized carbons (Fsp3) is 0.686. The molecule has 0 unspecified atom stereocenters. The van der Waals surface area contributed by atoms with E-state index in [1.165, 1.54) is 179 Å². The van der Waals surface area contributed by atoms with E-state index in [0.717, 1.165) is 54.6 Å². The summed E-state index contributed by atoms with van der Waals surface area (Å²) in [7, 11) is 0. The van der Waals surface area contributed by atoms with Crippen molar-refractivity contribution in [2.75, 3.05) is 0 Å². The molecule has 0 radical (unpaired) electrons. The van der Waals surface area contributed by atoms with Crippen LogP contribution in [-0.4, -0.2) is 4.70 Å². The summed E-state index contributed by atoms with van der Waals surface area (Å²) in [6.07, 6.45) is 37.1. The first-order valence-electron chi connectivity index (χ1n) is 23.0. The van der Waals surface area contributed by atoms with E-state index < -0.39 is 0 Å². The molecule has 0 bridgehead atoms. The van der Waals surface area contributed by atoms with Gasteiger partial charge in [-0.05, 0) is 63.8 Å². The van der Waals surface area contributed by atoms with Crippen LogP contribution < -0.4 is 0 Å². The molecule has 0 aromatic heterocycles. The topological polar surface area (TPSA) is 25.3 Å². The molecule has 0 aliphatic carbocycles. The Morgan fingerprint density at radius 1 is 0.389 bits per heavy atom. The molecule has 3 heteroatoms. The van der Waals surface area contributed by atoms with Gasteiger partial charge in [-0.15, -0.1) is 0 Å². The number of aryl methyl sites for hydroxylation is 2. The second-order valence-electron chi connectivity index (χ2n) is 16.1. The summed E-state index contributed by atoms with van der Waals surface area (Å²) in [5.41, 5.74) is 20.7. The minimum absolute atomic E-state index is 0.973. The number of benzene rings is 2. The van der Waals surface area contributed by atoms with Crippen LogP contribution in [0.25, 0.3) is 16.9 Å². The van der Waals surface area contributed by atoms with Crippen LogP contribution in [0.1, 0.15) is 223 Å². The Balaban J connectivity index is 0.000000379. The van der Waals surface area contributed by atoms with Gasteiger partial charge in [-0.25, -0.2) is 4.70 Å². The van der Waals surface area contributed by atoms with E-state index in [1.807, 2.05) is 14.4 Å². The molecule has 54 heavy (non-hydrogen) atoms. The third-order valence-corrected chi connectivity index (χ3v) is 12.4. The Morgan fingerprint density at radius 3 is 1.04 bits per heavy atom. The van der Waals surface area contributed by atoms with Crippen LogP contribution in [0.3, 0.4) is 0 Å². The van der Waals surface area contributed by atoms with Crippen LogP contribution in [0.4, 0.5) is 0 Å². The zero-order chi connectivity index (χ0) is 39.1. The van der Waals surface area contributed by atoms with Crippen LogP contribution in [0.5, 0.6) is 0 Å². The van der Waals surface area contributed by atoms with Gasteiger partial charge in [-0.1, -0.05) is 68.5 Å². The number of unbranched alkanes of at least 4 members (excludes halogenated alkanes) is 21. The monoisotopic (exact) mass is 783 g/mol. The van der Waals surface area contributed by atoms with E-state index in [-0.39, 0.29) is 0 Å². The molecule has 0 spiro atoms. The second kappa shape index (κ2) is 32.1. The fourth-order valence-corrected chi connectivity index (χ4v) is 8.72. The SMILES string of the molecule is CCCCCC1=C(c2ccc(C)cc2)[N+](=[N-])C(c2ccc(C)cc2)=C1CCCC.CCCCCCCCCCC[CH2][Ni][CH2]CCCCCCCCCCC. The number of nitrogens with zero attached hydrogens (tertiary/aromatic N) is 2. The van der Waals surface area contributed by atoms with Crippen LogP contribution in [0.15, 0.2) is 59.7 Å². The van der Waals surface area contributed by atoms with Crippen molar-refractivity contribution < 1.29 is 19.1 Å². The molecule has 0 saturated carbocycles. The van der Waals surface area contributed by atoms with Crippen LogP contribution in [-0.2, 0) is 14.4 Å². The average molecular weight is 784 g/mol. The zero-order valence-corrected chi connectivity index (χ0v) is 37.3. The molecule has 3 rings (SSSR count). The summed E-state index contributed by atoms with van der Waals surface area (Å²) in [4.78, 5) is 0. The van der Waals surface area contributed by atoms with Crippen molar-refractivity contribution in [2.45, 2.75) is 226 Å². The van der Waals surface area contributed by atoms with E-state index in [4.69, 9.17) is 0 Å². The molecule has 0 fully saturated rings. The fourth-order valence-electron chi connectivity index (χ4n) is 7.48. The predicted molar refractivity (Wildman–Crippen MR) is 237 cm³/mol. The molecule has 2 aromatic rings. The van der Waals surface area contributed by atoms with Gasteiger partial charge >= 0.3 is 167 Å². The first-order chi connectivity index (χ1) is 26.5. The molecule has 0 saturated heterocycles. The van der Waals surface area contributed by atoms with Crippen molar-refractivity contribution in [3.05, 3.63) is 87.5 Å². The van der Waals surface area contributed by atoms with Gasteiger partial charge in [0.15, 0.2) is 0 Å². The summed E-state index contributed by atoms with van der Waals surface area (Å²) in [6.45, 7) is 13.3. The first kappa shape index (κ1) is 48.2. The van der Waals surface area contributed by atoms with Crippen LogP contribution in [0, 0.1) is 13.8 Å². The summed E-state index contributed by atoms with van der Waals surface area (Å²) in [6, 6.07) is 17.1. The normalized spacial score (nSPS) is 13.0. The molecule has 308 valence electrons. The Morgan fingerprint density at radius 2 is 0.685 bits per heavy atom. The molecule has 1 aliphatic rings. The average Bonchev–Trinajstić information content (AvgIpc) is 3.45. The zero-order valence-electron chi connectivity index (χ0n) is 36.3. The molecule has 0 N–H and O–H groups in total. The Labute approximate surface area is 342 Å². The van der Waals surface area contributed by atoms with Gasteiger partial charge in [0.1, 0.15) is 0 Å². The van der Waals surface area contributed by atoms with E-state index in [1.54, 1.807) is 0 Å². The molecule has 2 aromatic carbocycles. The van der Waals surface area contributed by atoms with Gasteiger partial charge in [0.05, 0.1) is 0 Å². The van der Waals surface area contributed by atoms with Gasteiger partial charge in [-0.2, -0.15) is 0 Å². The molecule has 1 aliphatic heterocycles. The maximum atomic E-state index is 11.4. The molecule has 2 nitrogen and oxygen atoms in total. The standard InChI is InChI=1S/C27H34N2.2C12H25.Ni/c1-5-7-9-11-25-24(10-8-6-2)26(22-16-12-20(3)13-17-22)29(28)27(25)23-18-14-21(4)15-19-23;2*1-3-5-7-9-11-12-10-8-6-4-2;/h12-19H,5-11H2,1-4H3;2*1,3-12H2,2H3;. The van der Waals surface area contributed by atoms with Crippen LogP contribution >= 0.6 is 0 Å². The number of allylic oxidation sites excluding steroid dienone is 2. The quantitative estimate of drug-likeness (QED) is 0.0413. The van der Waals surface area contributed by atoms with Gasteiger partial charge < -0.3 is 5.53 Å². The third-order valence-electron chi connectivity index (χ3n) is 11.0. The Hall–Kier alpha value is -1.99. The molecule has 1 heterocycles. The van der Waals surface area contributed by atoms with E-state index in [0.29, 0.717) is 0 Å². The van der Waals surface area contributed by atoms with Gasteiger partial charge in [0.25, 0.3) is 0 Å². The molecular weight excluding hydrogens is 699 g/mol. The summed E-state index contributed by atoms with van der Waals surface area (Å²) in [5.74, 6) is 0. The molecule has 0 atom stereocenters. The Bertz CT molecular complexity index is 1260. The van der Waals surface area contributed by atoms with Crippen molar-refractivity contribution in [3.63, 3.8) is 0 Å².